The van der Waals surface area contributed by atoms with Crippen molar-refractivity contribution in [1.82, 2.24) is 10.2 Å². The van der Waals surface area contributed by atoms with Gasteiger partial charge in [0, 0.05) is 26.1 Å². The number of carboxylic acid groups (broad SMARTS) is 1. The van der Waals surface area contributed by atoms with Crippen LogP contribution in [0.25, 0.3) is 0 Å². The molecule has 4 N–H and O–H groups in total. The van der Waals surface area contributed by atoms with Crippen LogP contribution < -0.4 is 19.5 Å². The number of carbonyl (C=O) groups excluding carboxylic acids is 1. The van der Waals surface area contributed by atoms with E-state index in [1.165, 1.54) is 12.1 Å². The van der Waals surface area contributed by atoms with E-state index >= 15 is 0 Å². The second-order valence-corrected chi connectivity index (χ2v) is 9.43. The van der Waals surface area contributed by atoms with Gasteiger partial charge in [0.05, 0.1) is 18.8 Å². The molecule has 10 nitrogen and oxygen atoms in total. The van der Waals surface area contributed by atoms with Crippen molar-refractivity contribution >= 4 is 11.9 Å². The van der Waals surface area contributed by atoms with Crippen LogP contribution in [0.4, 0.5) is 17.6 Å². The minimum absolute atomic E-state index is 0.205. The van der Waals surface area contributed by atoms with E-state index in [0.29, 0.717) is 75.1 Å². The second-order valence-electron chi connectivity index (χ2n) is 9.43. The Bertz CT molecular complexity index is 1150. The number of hydrogen-bond acceptors (Lipinski definition) is 8. The molecule has 0 aliphatic carbocycles. The number of aliphatic carboxylic acids is 1. The molecule has 1 saturated heterocycles. The number of aliphatic hydroxyl groups excluding tert-OH is 2. The molecule has 2 aliphatic heterocycles. The Kier molecular flexibility index (Phi) is 11.6. The van der Waals surface area contributed by atoms with Gasteiger partial charge in [0.1, 0.15) is 30.9 Å². The number of nitrogens with zero attached hydrogens (tertiary/aromatic N) is 1. The van der Waals surface area contributed by atoms with Crippen LogP contribution in [-0.2, 0) is 9.59 Å². The number of carbonyl (C=O) groups is 2. The number of aliphatic hydroxyl groups is 2. The van der Waals surface area contributed by atoms with Gasteiger partial charge in [-0.1, -0.05) is 6.07 Å². The van der Waals surface area contributed by atoms with Crippen molar-refractivity contribution in [2.75, 3.05) is 39.5 Å². The molecule has 0 saturated carbocycles. The van der Waals surface area contributed by atoms with Crippen LogP contribution in [0.2, 0.25) is 0 Å². The maximum atomic E-state index is 13.0. The molecule has 2 heterocycles. The summed E-state index contributed by atoms with van der Waals surface area (Å²) in [6.45, 7) is 2.85. The standard InChI is InChI=1S/C25H31FN2O6.C2HF3O2/c26-18-4-6-20(7-5-18)32-11-1-2-24(30)27-21(16-28-10-9-19(29)15-28)25(31)17-3-8-22-23(14-17)34-13-12-33-22;3-2(4,5)1(6)7/h3-8,14,19,21,25,29,31H,1-2,9-13,15-16H2,(H,27,30);(H,6,7)/t19-,21-,25+;/m0./s1. The number of alkyl halides is 3. The zero-order valence-electron chi connectivity index (χ0n) is 22.0. The smallest absolute Gasteiger partial charge is 0.490 e. The van der Waals surface area contributed by atoms with Gasteiger partial charge in [-0.25, -0.2) is 9.18 Å². The Morgan fingerprint density at radius 3 is 2.37 bits per heavy atom. The van der Waals surface area contributed by atoms with Crippen LogP contribution >= 0.6 is 0 Å². The summed E-state index contributed by atoms with van der Waals surface area (Å²) in [7, 11) is 0. The van der Waals surface area contributed by atoms with Gasteiger partial charge >= 0.3 is 12.1 Å². The fourth-order valence-electron chi connectivity index (χ4n) is 4.19. The zero-order chi connectivity index (χ0) is 30.0. The van der Waals surface area contributed by atoms with E-state index < -0.39 is 30.4 Å². The van der Waals surface area contributed by atoms with E-state index in [2.05, 4.69) is 5.32 Å². The molecule has 3 atom stereocenters. The topological polar surface area (TPSA) is 138 Å². The van der Waals surface area contributed by atoms with Gasteiger partial charge in [0.15, 0.2) is 11.5 Å². The van der Waals surface area contributed by atoms with E-state index in [1.54, 1.807) is 30.3 Å². The number of carboxylic acids is 1. The first-order valence-electron chi connectivity index (χ1n) is 12.9. The fourth-order valence-corrected chi connectivity index (χ4v) is 4.19. The minimum atomic E-state index is -5.08. The first kappa shape index (κ1) is 31.9. The predicted molar refractivity (Wildman–Crippen MR) is 136 cm³/mol. The minimum Gasteiger partial charge on any atom is -0.494 e. The summed E-state index contributed by atoms with van der Waals surface area (Å²) in [5, 5.41) is 31.1. The van der Waals surface area contributed by atoms with Crippen molar-refractivity contribution in [3.05, 3.63) is 53.8 Å². The second kappa shape index (κ2) is 14.8. The lowest BCUT2D eigenvalue weighted by molar-refractivity contribution is -0.192. The summed E-state index contributed by atoms with van der Waals surface area (Å²) in [5.41, 5.74) is 0.619. The first-order chi connectivity index (χ1) is 19.4. The highest BCUT2D eigenvalue weighted by atomic mass is 19.4. The van der Waals surface area contributed by atoms with Gasteiger partial charge in [-0.3, -0.25) is 9.69 Å². The highest BCUT2D eigenvalue weighted by Crippen LogP contribution is 2.33. The number of amides is 1. The summed E-state index contributed by atoms with van der Waals surface area (Å²) in [6.07, 6.45) is -5.09. The molecule has 14 heteroatoms. The number of β-amino-alcohol motifs (C(OH)–C–C–N with tert-alkyl or cyclic N) is 1. The monoisotopic (exact) mass is 588 g/mol. The molecule has 2 aliphatic rings. The van der Waals surface area contributed by atoms with E-state index in [9.17, 15) is 32.6 Å². The summed E-state index contributed by atoms with van der Waals surface area (Å²) in [4.78, 5) is 23.6. The van der Waals surface area contributed by atoms with E-state index in [0.717, 1.165) is 0 Å². The third-order valence-corrected chi connectivity index (χ3v) is 6.21. The van der Waals surface area contributed by atoms with Crippen molar-refractivity contribution in [3.8, 4) is 17.2 Å². The molecular weight excluding hydrogens is 556 g/mol. The molecule has 0 bridgehead atoms. The Morgan fingerprint density at radius 1 is 1.10 bits per heavy atom. The Hall–Kier alpha value is -3.62. The number of nitrogens with one attached hydrogen (secondary N) is 1. The summed E-state index contributed by atoms with van der Waals surface area (Å²) in [6, 6.07) is 10.4. The lowest BCUT2D eigenvalue weighted by Gasteiger charge is -2.29. The average molecular weight is 589 g/mol. The van der Waals surface area contributed by atoms with Crippen LogP contribution in [-0.4, -0.2) is 89.9 Å². The first-order valence-corrected chi connectivity index (χ1v) is 12.9. The van der Waals surface area contributed by atoms with Crippen molar-refractivity contribution in [2.45, 2.75) is 43.7 Å². The largest absolute Gasteiger partial charge is 0.494 e. The molecule has 2 aromatic carbocycles. The van der Waals surface area contributed by atoms with E-state index in [1.807, 2.05) is 4.90 Å². The maximum Gasteiger partial charge on any atom is 0.490 e. The molecule has 226 valence electrons. The van der Waals surface area contributed by atoms with E-state index in [-0.39, 0.29) is 18.1 Å². The molecule has 1 amide bonds. The molecule has 0 spiro atoms. The summed E-state index contributed by atoms with van der Waals surface area (Å²) < 4.78 is 61.4. The van der Waals surface area contributed by atoms with Crippen LogP contribution in [0.5, 0.6) is 17.2 Å². The maximum absolute atomic E-state index is 13.0. The Labute approximate surface area is 233 Å². The van der Waals surface area contributed by atoms with Crippen molar-refractivity contribution < 1.29 is 56.7 Å². The quantitative estimate of drug-likeness (QED) is 0.244. The van der Waals surface area contributed by atoms with Crippen LogP contribution in [0.3, 0.4) is 0 Å². The molecule has 41 heavy (non-hydrogen) atoms. The van der Waals surface area contributed by atoms with Gasteiger partial charge < -0.3 is 34.8 Å². The molecule has 2 aromatic rings. The normalized spacial score (nSPS) is 18.0. The van der Waals surface area contributed by atoms with Crippen molar-refractivity contribution in [2.24, 2.45) is 0 Å². The lowest BCUT2D eigenvalue weighted by atomic mass is 10.0. The highest BCUT2D eigenvalue weighted by Gasteiger charge is 2.38. The predicted octanol–water partition coefficient (Wildman–Crippen LogP) is 2.67. The number of fused-ring (bicyclic) bond motifs is 1. The van der Waals surface area contributed by atoms with Gasteiger partial charge in [0.25, 0.3) is 0 Å². The van der Waals surface area contributed by atoms with Crippen LogP contribution in [0, 0.1) is 5.82 Å². The number of ether oxygens (including phenoxy) is 3. The molecule has 0 radical (unpaired) electrons. The third kappa shape index (κ3) is 10.4. The average Bonchev–Trinajstić information content (AvgIpc) is 3.35. The van der Waals surface area contributed by atoms with Gasteiger partial charge in [-0.15, -0.1) is 0 Å². The van der Waals surface area contributed by atoms with Gasteiger partial charge in [-0.05, 0) is 54.8 Å². The molecule has 1 fully saturated rings. The molecular formula is C27H32F4N2O8. The fraction of sp³-hybridized carbons (Fsp3) is 0.481. The van der Waals surface area contributed by atoms with E-state index in [4.69, 9.17) is 24.1 Å². The number of rotatable bonds is 10. The van der Waals surface area contributed by atoms with Crippen LogP contribution in [0.1, 0.15) is 30.9 Å². The third-order valence-electron chi connectivity index (χ3n) is 6.21. The van der Waals surface area contributed by atoms with Crippen molar-refractivity contribution in [1.29, 1.82) is 0 Å². The number of benzene rings is 2. The molecule has 0 unspecified atom stereocenters. The lowest BCUT2D eigenvalue weighted by Crippen LogP contribution is -2.47. The van der Waals surface area contributed by atoms with Crippen LogP contribution in [0.15, 0.2) is 42.5 Å². The Morgan fingerprint density at radius 2 is 1.76 bits per heavy atom. The number of hydrogen-bond donors (Lipinski definition) is 4. The zero-order valence-corrected chi connectivity index (χ0v) is 22.0. The number of halogens is 4. The SMILES string of the molecule is O=C(CCCOc1ccc(F)cc1)N[C@@H](CN1CC[C@H](O)C1)[C@H](O)c1ccc2c(c1)OCCO2.O=C(O)C(F)(F)F. The van der Waals surface area contributed by atoms with Crippen molar-refractivity contribution in [3.63, 3.8) is 0 Å². The number of likely N-dealkylation sites (tertiary alicyclic amines) is 1. The highest BCUT2D eigenvalue weighted by molar-refractivity contribution is 5.76. The molecule has 0 aromatic heterocycles. The molecule has 4 rings (SSSR count). The summed E-state index contributed by atoms with van der Waals surface area (Å²) in [5.74, 6) is -1.55. The Balaban J connectivity index is 0.000000587. The summed E-state index contributed by atoms with van der Waals surface area (Å²) >= 11 is 0. The van der Waals surface area contributed by atoms with Gasteiger partial charge in [0.2, 0.25) is 5.91 Å². The van der Waals surface area contributed by atoms with Gasteiger partial charge in [-0.2, -0.15) is 13.2 Å².